The smallest absolute Gasteiger partial charge is 0.153 e. The highest BCUT2D eigenvalue weighted by molar-refractivity contribution is 5.91. The number of aryl methyl sites for hydroxylation is 1. The zero-order chi connectivity index (χ0) is 8.97. The third-order valence-electron chi connectivity index (χ3n) is 1.64. The second kappa shape index (κ2) is 5.59. The lowest BCUT2D eigenvalue weighted by atomic mass is 10.3. The largest absolute Gasteiger partial charge is 0.327 e. The summed E-state index contributed by atoms with van der Waals surface area (Å²) in [5.74, 6) is 1.22. The second-order valence-electron chi connectivity index (χ2n) is 2.59. The van der Waals surface area contributed by atoms with Crippen molar-refractivity contribution in [2.24, 2.45) is 0 Å². The van der Waals surface area contributed by atoms with Gasteiger partial charge in [-0.15, -0.1) is 12.4 Å². The predicted molar refractivity (Wildman–Crippen MR) is 56.9 cm³/mol. The zero-order valence-corrected chi connectivity index (χ0v) is 8.66. The molecule has 1 aromatic heterocycles. The molecule has 3 N–H and O–H groups in total. The summed E-state index contributed by atoms with van der Waals surface area (Å²) >= 11 is 0. The number of halogens is 1. The molecule has 0 saturated carbocycles. The number of H-pyrrole nitrogens is 1. The van der Waals surface area contributed by atoms with E-state index in [0.29, 0.717) is 12.3 Å². The topological polar surface area (TPSA) is 64.6 Å². The van der Waals surface area contributed by atoms with Gasteiger partial charge in [-0.25, -0.2) is 0 Å². The molecule has 4 nitrogen and oxygen atoms in total. The van der Waals surface area contributed by atoms with Crippen molar-refractivity contribution in [3.05, 3.63) is 11.8 Å². The van der Waals surface area contributed by atoms with E-state index < -0.39 is 0 Å². The van der Waals surface area contributed by atoms with Crippen LogP contribution in [0, 0.1) is 5.41 Å². The minimum absolute atomic E-state index is 0. The minimum atomic E-state index is 0. The number of anilines is 1. The molecule has 0 amide bonds. The van der Waals surface area contributed by atoms with Crippen molar-refractivity contribution in [2.45, 2.75) is 26.7 Å². The Labute approximate surface area is 84.0 Å². The lowest BCUT2D eigenvalue weighted by Crippen LogP contribution is -2.08. The van der Waals surface area contributed by atoms with Crippen molar-refractivity contribution in [3.63, 3.8) is 0 Å². The summed E-state index contributed by atoms with van der Waals surface area (Å²) in [5, 5.41) is 17.1. The number of aromatic nitrogens is 2. The molecule has 0 aliphatic heterocycles. The van der Waals surface area contributed by atoms with Gasteiger partial charge in [-0.05, 0) is 6.42 Å². The van der Waals surface area contributed by atoms with Crippen molar-refractivity contribution < 1.29 is 0 Å². The summed E-state index contributed by atoms with van der Waals surface area (Å²) in [6.45, 7) is 3.99. The number of hydrogen-bond acceptors (Lipinski definition) is 2. The number of aromatic amines is 1. The number of nitrogens with zero attached hydrogens (tertiary/aromatic N) is 1. The van der Waals surface area contributed by atoms with E-state index in [-0.39, 0.29) is 12.4 Å². The molecule has 0 aliphatic rings. The summed E-state index contributed by atoms with van der Waals surface area (Å²) in [5.41, 5.74) is 1.08. The normalized spacial score (nSPS) is 9.08. The molecule has 74 valence electrons. The minimum Gasteiger partial charge on any atom is -0.327 e. The Morgan fingerprint density at radius 2 is 2.31 bits per heavy atom. The molecule has 0 unspecified atom stereocenters. The molecule has 0 aliphatic carbocycles. The van der Waals surface area contributed by atoms with Crippen LogP contribution in [0.3, 0.4) is 0 Å². The van der Waals surface area contributed by atoms with Crippen LogP contribution in [0.25, 0.3) is 0 Å². The molecule has 1 aromatic rings. The van der Waals surface area contributed by atoms with Gasteiger partial charge in [-0.2, -0.15) is 5.10 Å². The van der Waals surface area contributed by atoms with Gasteiger partial charge in [0, 0.05) is 18.2 Å². The Kier molecular flexibility index (Phi) is 5.14. The zero-order valence-electron chi connectivity index (χ0n) is 7.85. The number of hydrogen-bond donors (Lipinski definition) is 3. The molecular weight excluding hydrogens is 188 g/mol. The SMILES string of the molecule is CCC(=N)Nc1cc(CC)[nH]n1.Cl. The Bertz CT molecular complexity index is 269. The summed E-state index contributed by atoms with van der Waals surface area (Å²) in [6.07, 6.45) is 1.64. The molecule has 0 saturated heterocycles. The monoisotopic (exact) mass is 202 g/mol. The van der Waals surface area contributed by atoms with Crippen LogP contribution in [0.15, 0.2) is 6.07 Å². The van der Waals surface area contributed by atoms with E-state index >= 15 is 0 Å². The maximum atomic E-state index is 7.38. The van der Waals surface area contributed by atoms with Gasteiger partial charge in [0.1, 0.15) is 0 Å². The van der Waals surface area contributed by atoms with E-state index in [1.54, 1.807) is 0 Å². The van der Waals surface area contributed by atoms with Crippen molar-refractivity contribution in [1.29, 1.82) is 5.41 Å². The standard InChI is InChI=1S/C8H14N4.ClH/c1-3-6-5-8(12-11-6)10-7(9)4-2;/h5H,3-4H2,1-2H3,(H3,9,10,11,12);1H. The van der Waals surface area contributed by atoms with Crippen LogP contribution in [0.2, 0.25) is 0 Å². The van der Waals surface area contributed by atoms with Crippen LogP contribution >= 0.6 is 12.4 Å². The lowest BCUT2D eigenvalue weighted by Gasteiger charge is -1.99. The van der Waals surface area contributed by atoms with Gasteiger partial charge in [0.05, 0.1) is 5.84 Å². The van der Waals surface area contributed by atoms with Gasteiger partial charge < -0.3 is 5.32 Å². The van der Waals surface area contributed by atoms with Crippen LogP contribution in [-0.4, -0.2) is 16.0 Å². The van der Waals surface area contributed by atoms with E-state index in [2.05, 4.69) is 22.4 Å². The molecule has 1 rings (SSSR count). The molecule has 0 spiro atoms. The number of nitrogens with one attached hydrogen (secondary N) is 3. The molecule has 0 atom stereocenters. The molecule has 13 heavy (non-hydrogen) atoms. The molecule has 0 radical (unpaired) electrons. The van der Waals surface area contributed by atoms with Crippen LogP contribution < -0.4 is 5.32 Å². The van der Waals surface area contributed by atoms with Crippen LogP contribution in [0.4, 0.5) is 5.82 Å². The molecule has 0 bridgehead atoms. The molecule has 5 heteroatoms. The van der Waals surface area contributed by atoms with E-state index in [1.807, 2.05) is 13.0 Å². The molecular formula is C8H15ClN4. The third-order valence-corrected chi connectivity index (χ3v) is 1.64. The van der Waals surface area contributed by atoms with Crippen molar-refractivity contribution >= 4 is 24.1 Å². The first kappa shape index (κ1) is 12.0. The lowest BCUT2D eigenvalue weighted by molar-refractivity contribution is 0.976. The van der Waals surface area contributed by atoms with E-state index in [1.165, 1.54) is 0 Å². The van der Waals surface area contributed by atoms with Gasteiger partial charge in [0.15, 0.2) is 5.82 Å². The number of amidine groups is 1. The maximum Gasteiger partial charge on any atom is 0.153 e. The highest BCUT2D eigenvalue weighted by atomic mass is 35.5. The quantitative estimate of drug-likeness (QED) is 0.520. The van der Waals surface area contributed by atoms with Gasteiger partial charge in [-0.1, -0.05) is 13.8 Å². The Balaban J connectivity index is 0.00000144. The predicted octanol–water partition coefficient (Wildman–Crippen LogP) is 2.19. The average Bonchev–Trinajstić information content (AvgIpc) is 2.52. The summed E-state index contributed by atoms with van der Waals surface area (Å²) in [6, 6.07) is 1.92. The Hall–Kier alpha value is -1.03. The molecule has 0 fully saturated rings. The van der Waals surface area contributed by atoms with Crippen LogP contribution in [0.1, 0.15) is 26.0 Å². The van der Waals surface area contributed by atoms with Gasteiger partial charge in [0.25, 0.3) is 0 Å². The van der Waals surface area contributed by atoms with Gasteiger partial charge in [-0.3, -0.25) is 10.5 Å². The van der Waals surface area contributed by atoms with Crippen LogP contribution in [-0.2, 0) is 6.42 Å². The van der Waals surface area contributed by atoms with Crippen LogP contribution in [0.5, 0.6) is 0 Å². The van der Waals surface area contributed by atoms with Crippen molar-refractivity contribution in [2.75, 3.05) is 5.32 Å². The van der Waals surface area contributed by atoms with E-state index in [0.717, 1.165) is 17.9 Å². The fourth-order valence-corrected chi connectivity index (χ4v) is 0.850. The fourth-order valence-electron chi connectivity index (χ4n) is 0.850. The summed E-state index contributed by atoms with van der Waals surface area (Å²) in [7, 11) is 0. The Morgan fingerprint density at radius 1 is 1.62 bits per heavy atom. The van der Waals surface area contributed by atoms with Gasteiger partial charge in [0.2, 0.25) is 0 Å². The number of rotatable bonds is 3. The first-order valence-corrected chi connectivity index (χ1v) is 4.15. The molecule has 0 aromatic carbocycles. The second-order valence-corrected chi connectivity index (χ2v) is 2.59. The average molecular weight is 203 g/mol. The first-order chi connectivity index (χ1) is 5.76. The highest BCUT2D eigenvalue weighted by Gasteiger charge is 1.99. The summed E-state index contributed by atoms with van der Waals surface area (Å²) < 4.78 is 0. The molecule has 1 heterocycles. The van der Waals surface area contributed by atoms with Gasteiger partial charge >= 0.3 is 0 Å². The van der Waals surface area contributed by atoms with Crippen molar-refractivity contribution in [1.82, 2.24) is 10.2 Å². The van der Waals surface area contributed by atoms with E-state index in [9.17, 15) is 0 Å². The highest BCUT2D eigenvalue weighted by Crippen LogP contribution is 2.05. The maximum absolute atomic E-state index is 7.38. The van der Waals surface area contributed by atoms with E-state index in [4.69, 9.17) is 5.41 Å². The summed E-state index contributed by atoms with van der Waals surface area (Å²) in [4.78, 5) is 0. The first-order valence-electron chi connectivity index (χ1n) is 4.15. The Morgan fingerprint density at radius 3 is 2.77 bits per heavy atom. The van der Waals surface area contributed by atoms with Crippen molar-refractivity contribution in [3.8, 4) is 0 Å². The third kappa shape index (κ3) is 3.46. The fraction of sp³-hybridized carbons (Fsp3) is 0.500.